The summed E-state index contributed by atoms with van der Waals surface area (Å²) in [4.78, 5) is 13.2. The van der Waals surface area contributed by atoms with Crippen molar-refractivity contribution in [2.75, 3.05) is 0 Å². The van der Waals surface area contributed by atoms with Crippen molar-refractivity contribution in [1.29, 1.82) is 0 Å². The first-order valence-corrected chi connectivity index (χ1v) is 4.34. The number of hydrogen-bond donors (Lipinski definition) is 2. The smallest absolute Gasteiger partial charge is 0.199 e. The molecule has 2 aromatic heterocycles. The lowest BCUT2D eigenvalue weighted by Gasteiger charge is -1.79. The molecule has 0 aromatic carbocycles. The summed E-state index contributed by atoms with van der Waals surface area (Å²) in [5, 5.41) is 0.440. The second-order valence-electron chi connectivity index (χ2n) is 2.27. The van der Waals surface area contributed by atoms with E-state index in [1.807, 2.05) is 6.20 Å². The lowest BCUT2D eigenvalue weighted by atomic mass is 10.5. The van der Waals surface area contributed by atoms with Gasteiger partial charge in [-0.3, -0.25) is 0 Å². The highest BCUT2D eigenvalue weighted by Crippen LogP contribution is 1.92. The van der Waals surface area contributed by atoms with E-state index in [-0.39, 0.29) is 0 Å². The topological polar surface area (TPSA) is 57.4 Å². The summed E-state index contributed by atoms with van der Waals surface area (Å²) < 4.78 is 0. The summed E-state index contributed by atoms with van der Waals surface area (Å²) in [6.07, 6.45) is 7.86. The summed E-state index contributed by atoms with van der Waals surface area (Å²) in [5.41, 5.74) is 0. The normalized spacial score (nSPS) is 9.08. The molecule has 0 radical (unpaired) electrons. The summed E-state index contributed by atoms with van der Waals surface area (Å²) in [7, 11) is 0. The molecule has 0 bridgehead atoms. The van der Waals surface area contributed by atoms with Crippen molar-refractivity contribution in [2.24, 2.45) is 0 Å². The molecule has 2 aromatic rings. The number of nitrogens with one attached hydrogen (secondary N) is 2. The molecule has 0 aliphatic heterocycles. The number of aromatic nitrogens is 4. The molecular weight excluding hydrogens is 188 g/mol. The number of aromatic amines is 2. The van der Waals surface area contributed by atoms with Gasteiger partial charge < -0.3 is 9.97 Å². The van der Waals surface area contributed by atoms with Gasteiger partial charge >= 0.3 is 0 Å². The van der Waals surface area contributed by atoms with Crippen LogP contribution in [-0.2, 0) is 6.42 Å². The maximum absolute atomic E-state index is 5.29. The van der Waals surface area contributed by atoms with Crippen molar-refractivity contribution in [3.63, 3.8) is 0 Å². The van der Waals surface area contributed by atoms with Crippen LogP contribution in [0.5, 0.6) is 0 Å². The first-order chi connectivity index (χ1) is 6.33. The molecule has 5 heteroatoms. The number of rotatable bonds is 1. The summed E-state index contributed by atoms with van der Waals surface area (Å²) in [5.74, 6) is 1.06. The quantitative estimate of drug-likeness (QED) is 0.737. The van der Waals surface area contributed by atoms with Gasteiger partial charge in [0.25, 0.3) is 0 Å². The fraction of sp³-hybridized carbons (Fsp3) is 0.250. The molecule has 0 saturated heterocycles. The average molecular weight is 199 g/mol. The van der Waals surface area contributed by atoms with E-state index in [1.54, 1.807) is 18.6 Å². The molecule has 2 rings (SSSR count). The van der Waals surface area contributed by atoms with Gasteiger partial charge in [0.2, 0.25) is 0 Å². The Labute approximate surface area is 81.4 Å². The molecule has 0 fully saturated rings. The van der Waals surface area contributed by atoms with E-state index in [0.29, 0.717) is 5.28 Å². The highest BCUT2D eigenvalue weighted by molar-refractivity contribution is 6.28. The molecule has 0 unspecified atom stereocenters. The molecule has 13 heavy (non-hydrogen) atoms. The number of H-pyrrole nitrogens is 2. The Bertz CT molecular complexity index is 301. The Hall–Kier alpha value is -1.29. The first kappa shape index (κ1) is 9.80. The van der Waals surface area contributed by atoms with Crippen LogP contribution >= 0.6 is 11.6 Å². The zero-order valence-corrected chi connectivity index (χ0v) is 8.04. The van der Waals surface area contributed by atoms with Gasteiger partial charge in [0.15, 0.2) is 5.28 Å². The van der Waals surface area contributed by atoms with Crippen LogP contribution in [0, 0.1) is 0 Å². The van der Waals surface area contributed by atoms with Crippen molar-refractivity contribution in [1.82, 2.24) is 19.9 Å². The van der Waals surface area contributed by atoms with Crippen molar-refractivity contribution in [3.8, 4) is 0 Å². The van der Waals surface area contributed by atoms with Crippen LogP contribution in [0.25, 0.3) is 0 Å². The maximum atomic E-state index is 5.29. The van der Waals surface area contributed by atoms with Crippen molar-refractivity contribution in [2.45, 2.75) is 13.3 Å². The van der Waals surface area contributed by atoms with E-state index in [0.717, 1.165) is 12.2 Å². The number of imidazole rings is 2. The van der Waals surface area contributed by atoms with Gasteiger partial charge in [-0.1, -0.05) is 6.92 Å². The van der Waals surface area contributed by atoms with E-state index in [2.05, 4.69) is 26.9 Å². The minimum Gasteiger partial charge on any atom is -0.349 e. The zero-order chi connectivity index (χ0) is 9.52. The molecule has 0 saturated carbocycles. The standard InChI is InChI=1S/C5H8N2.C3H3ClN2/c1-2-5-6-3-4-7-5;4-3-5-1-2-6-3/h3-4H,2H2,1H3,(H,6,7);1-2H,(H,5,6). The summed E-state index contributed by atoms with van der Waals surface area (Å²) in [6.45, 7) is 2.07. The molecular formula is C8H11ClN4. The minimum absolute atomic E-state index is 0.440. The first-order valence-electron chi connectivity index (χ1n) is 3.96. The fourth-order valence-electron chi connectivity index (χ4n) is 0.737. The molecule has 0 amide bonds. The predicted octanol–water partition coefficient (Wildman–Crippen LogP) is 2.04. The third-order valence-corrected chi connectivity index (χ3v) is 1.56. The molecule has 0 atom stereocenters. The maximum Gasteiger partial charge on any atom is 0.199 e. The van der Waals surface area contributed by atoms with Gasteiger partial charge in [0.05, 0.1) is 0 Å². The monoisotopic (exact) mass is 198 g/mol. The second kappa shape index (κ2) is 5.37. The van der Waals surface area contributed by atoms with Gasteiger partial charge in [-0.2, -0.15) is 0 Å². The molecule has 0 spiro atoms. The van der Waals surface area contributed by atoms with E-state index in [9.17, 15) is 0 Å². The molecule has 2 heterocycles. The average Bonchev–Trinajstić information content (AvgIpc) is 2.76. The minimum atomic E-state index is 0.440. The van der Waals surface area contributed by atoms with Crippen molar-refractivity contribution in [3.05, 3.63) is 35.9 Å². The van der Waals surface area contributed by atoms with Gasteiger partial charge in [-0.05, 0) is 11.6 Å². The lowest BCUT2D eigenvalue weighted by Crippen LogP contribution is -1.78. The molecule has 4 nitrogen and oxygen atoms in total. The fourth-order valence-corrected chi connectivity index (χ4v) is 0.857. The van der Waals surface area contributed by atoms with Crippen LogP contribution in [0.4, 0.5) is 0 Å². The Morgan fingerprint density at radius 2 is 1.92 bits per heavy atom. The van der Waals surface area contributed by atoms with Crippen LogP contribution < -0.4 is 0 Å². The van der Waals surface area contributed by atoms with Gasteiger partial charge in [-0.15, -0.1) is 0 Å². The Balaban J connectivity index is 0.000000132. The zero-order valence-electron chi connectivity index (χ0n) is 7.29. The van der Waals surface area contributed by atoms with Crippen LogP contribution in [0.2, 0.25) is 5.28 Å². The van der Waals surface area contributed by atoms with Crippen LogP contribution in [0.15, 0.2) is 24.8 Å². The van der Waals surface area contributed by atoms with Gasteiger partial charge in [-0.25, -0.2) is 9.97 Å². The number of aryl methyl sites for hydroxylation is 1. The van der Waals surface area contributed by atoms with Crippen LogP contribution in [0.3, 0.4) is 0 Å². The number of halogens is 1. The van der Waals surface area contributed by atoms with E-state index < -0.39 is 0 Å². The van der Waals surface area contributed by atoms with Gasteiger partial charge in [0.1, 0.15) is 5.82 Å². The largest absolute Gasteiger partial charge is 0.349 e. The SMILES string of the molecule is CCc1ncc[nH]1.Clc1ncc[nH]1. The number of nitrogens with zero attached hydrogens (tertiary/aromatic N) is 2. The van der Waals surface area contributed by atoms with Crippen molar-refractivity contribution < 1.29 is 0 Å². The molecule has 2 N–H and O–H groups in total. The summed E-state index contributed by atoms with van der Waals surface area (Å²) >= 11 is 5.29. The van der Waals surface area contributed by atoms with Gasteiger partial charge in [0, 0.05) is 31.2 Å². The number of hydrogen-bond acceptors (Lipinski definition) is 2. The van der Waals surface area contributed by atoms with E-state index in [4.69, 9.17) is 11.6 Å². The van der Waals surface area contributed by atoms with Crippen LogP contribution in [-0.4, -0.2) is 19.9 Å². The Morgan fingerprint density at radius 1 is 1.23 bits per heavy atom. The highest BCUT2D eigenvalue weighted by atomic mass is 35.5. The second-order valence-corrected chi connectivity index (χ2v) is 2.63. The third kappa shape index (κ3) is 3.75. The Morgan fingerprint density at radius 3 is 2.15 bits per heavy atom. The van der Waals surface area contributed by atoms with E-state index >= 15 is 0 Å². The van der Waals surface area contributed by atoms with Crippen LogP contribution in [0.1, 0.15) is 12.7 Å². The summed E-state index contributed by atoms with van der Waals surface area (Å²) in [6, 6.07) is 0. The third-order valence-electron chi connectivity index (χ3n) is 1.35. The Kier molecular flexibility index (Phi) is 4.05. The highest BCUT2D eigenvalue weighted by Gasteiger charge is 1.82. The molecule has 70 valence electrons. The predicted molar refractivity (Wildman–Crippen MR) is 51.6 cm³/mol. The van der Waals surface area contributed by atoms with Crippen molar-refractivity contribution >= 4 is 11.6 Å². The molecule has 0 aliphatic rings. The van der Waals surface area contributed by atoms with E-state index in [1.165, 1.54) is 0 Å². The lowest BCUT2D eigenvalue weighted by molar-refractivity contribution is 0.990. The molecule has 0 aliphatic carbocycles.